The second-order valence-corrected chi connectivity index (χ2v) is 7.29. The molecule has 0 radical (unpaired) electrons. The van der Waals surface area contributed by atoms with Gasteiger partial charge in [0.05, 0.1) is 16.0 Å². The lowest BCUT2D eigenvalue weighted by Gasteiger charge is -2.33. The van der Waals surface area contributed by atoms with Crippen molar-refractivity contribution in [3.05, 3.63) is 53.1 Å². The Morgan fingerprint density at radius 1 is 1.29 bits per heavy atom. The van der Waals surface area contributed by atoms with Crippen molar-refractivity contribution in [3.8, 4) is 0 Å². The quantitative estimate of drug-likeness (QED) is 0.850. The van der Waals surface area contributed by atoms with Crippen molar-refractivity contribution in [3.63, 3.8) is 0 Å². The Balaban J connectivity index is 2.01. The van der Waals surface area contributed by atoms with Crippen molar-refractivity contribution in [2.24, 2.45) is 0 Å². The molecule has 1 aromatic carbocycles. The Kier molecular flexibility index (Phi) is 3.55. The van der Waals surface area contributed by atoms with Crippen LogP contribution in [0.5, 0.6) is 0 Å². The highest BCUT2D eigenvalue weighted by molar-refractivity contribution is 7.89. The molecule has 1 atom stereocenters. The molecule has 0 spiro atoms. The molecule has 112 valence electrons. The van der Waals surface area contributed by atoms with Crippen LogP contribution < -0.4 is 0 Å². The molecular formula is C14H14ClFN2O2S. The summed E-state index contributed by atoms with van der Waals surface area (Å²) < 4.78 is 42.1. The van der Waals surface area contributed by atoms with E-state index in [0.29, 0.717) is 13.1 Å². The van der Waals surface area contributed by atoms with Crippen LogP contribution in [0.1, 0.15) is 18.7 Å². The highest BCUT2D eigenvalue weighted by atomic mass is 35.5. The van der Waals surface area contributed by atoms with Crippen LogP contribution in [0.3, 0.4) is 0 Å². The number of benzene rings is 1. The van der Waals surface area contributed by atoms with Gasteiger partial charge in [0.25, 0.3) is 0 Å². The summed E-state index contributed by atoms with van der Waals surface area (Å²) in [5, 5.41) is -0.191. The van der Waals surface area contributed by atoms with Crippen molar-refractivity contribution in [2.45, 2.75) is 24.4 Å². The Bertz CT molecular complexity index is 788. The van der Waals surface area contributed by atoms with Crippen LogP contribution in [0, 0.1) is 5.82 Å². The van der Waals surface area contributed by atoms with Crippen molar-refractivity contribution in [1.82, 2.24) is 8.87 Å². The normalized spacial score (nSPS) is 19.5. The van der Waals surface area contributed by atoms with Gasteiger partial charge in [0.2, 0.25) is 10.0 Å². The molecule has 0 amide bonds. The third-order valence-corrected chi connectivity index (χ3v) is 6.04. The maximum absolute atomic E-state index is 13.2. The summed E-state index contributed by atoms with van der Waals surface area (Å²) in [4.78, 5) is 0.0146. The number of sulfonamides is 1. The van der Waals surface area contributed by atoms with Gasteiger partial charge in [-0.1, -0.05) is 11.6 Å². The van der Waals surface area contributed by atoms with E-state index in [4.69, 9.17) is 11.6 Å². The van der Waals surface area contributed by atoms with Gasteiger partial charge in [-0.05, 0) is 37.3 Å². The van der Waals surface area contributed by atoms with E-state index in [1.54, 1.807) is 0 Å². The summed E-state index contributed by atoms with van der Waals surface area (Å²) in [6, 6.07) is 7.01. The van der Waals surface area contributed by atoms with E-state index in [2.05, 4.69) is 0 Å². The molecule has 21 heavy (non-hydrogen) atoms. The summed E-state index contributed by atoms with van der Waals surface area (Å²) in [5.74, 6) is -0.629. The molecule has 2 aromatic rings. The lowest BCUT2D eigenvalue weighted by atomic mass is 10.2. The van der Waals surface area contributed by atoms with Gasteiger partial charge in [-0.3, -0.25) is 0 Å². The van der Waals surface area contributed by atoms with Gasteiger partial charge in [-0.15, -0.1) is 0 Å². The summed E-state index contributed by atoms with van der Waals surface area (Å²) >= 11 is 5.70. The van der Waals surface area contributed by atoms with Crippen molar-refractivity contribution >= 4 is 21.6 Å². The summed E-state index contributed by atoms with van der Waals surface area (Å²) in [7, 11) is -3.70. The van der Waals surface area contributed by atoms with Crippen LogP contribution in [0.15, 0.2) is 41.4 Å². The predicted octanol–water partition coefficient (Wildman–Crippen LogP) is 3.05. The topological polar surface area (TPSA) is 42.3 Å². The molecule has 1 aliphatic rings. The number of aromatic nitrogens is 1. The molecule has 0 N–H and O–H groups in total. The molecule has 1 aromatic heterocycles. The fraction of sp³-hybridized carbons (Fsp3) is 0.286. The Hall–Kier alpha value is -1.37. The number of hydrogen-bond donors (Lipinski definition) is 0. The first kappa shape index (κ1) is 14.6. The largest absolute Gasteiger partial charge is 0.349 e. The number of hydrogen-bond acceptors (Lipinski definition) is 2. The molecule has 0 saturated carbocycles. The third kappa shape index (κ3) is 2.37. The standard InChI is InChI=1S/C14H14ClFN2O2S/c1-10-14-3-2-6-17(14)7-8-18(10)21(19,20)11-4-5-13(16)12(15)9-11/h2-6,9-10H,7-8H2,1H3/t10-/m0/s1. The molecular weight excluding hydrogens is 315 g/mol. The summed E-state index contributed by atoms with van der Waals surface area (Å²) in [6.07, 6.45) is 1.94. The van der Waals surface area contributed by atoms with Crippen LogP contribution in [0.2, 0.25) is 5.02 Å². The Morgan fingerprint density at radius 3 is 2.76 bits per heavy atom. The zero-order valence-electron chi connectivity index (χ0n) is 11.3. The van der Waals surface area contributed by atoms with Gasteiger partial charge in [-0.25, -0.2) is 12.8 Å². The minimum atomic E-state index is -3.70. The van der Waals surface area contributed by atoms with Crippen LogP contribution in [0.4, 0.5) is 4.39 Å². The van der Waals surface area contributed by atoms with Gasteiger partial charge in [0, 0.05) is 25.0 Å². The van der Waals surface area contributed by atoms with Crippen molar-refractivity contribution in [2.75, 3.05) is 6.54 Å². The van der Waals surface area contributed by atoms with Gasteiger partial charge in [0.15, 0.2) is 0 Å². The van der Waals surface area contributed by atoms with Gasteiger partial charge in [0.1, 0.15) is 5.82 Å². The van der Waals surface area contributed by atoms with Crippen LogP contribution in [-0.4, -0.2) is 23.8 Å². The number of rotatable bonds is 2. The highest BCUT2D eigenvalue weighted by Gasteiger charge is 2.34. The van der Waals surface area contributed by atoms with E-state index >= 15 is 0 Å². The van der Waals surface area contributed by atoms with Crippen LogP contribution >= 0.6 is 11.6 Å². The predicted molar refractivity (Wildman–Crippen MR) is 78.1 cm³/mol. The van der Waals surface area contributed by atoms with Gasteiger partial charge < -0.3 is 4.57 Å². The minimum absolute atomic E-state index is 0.0146. The monoisotopic (exact) mass is 328 g/mol. The summed E-state index contributed by atoms with van der Waals surface area (Å²) in [6.45, 7) is 2.81. The van der Waals surface area contributed by atoms with Gasteiger partial charge >= 0.3 is 0 Å². The molecule has 4 nitrogen and oxygen atoms in total. The Morgan fingerprint density at radius 2 is 2.05 bits per heavy atom. The first-order chi connectivity index (χ1) is 9.91. The molecule has 7 heteroatoms. The zero-order valence-corrected chi connectivity index (χ0v) is 12.9. The first-order valence-corrected chi connectivity index (χ1v) is 8.35. The molecule has 2 heterocycles. The van der Waals surface area contributed by atoms with E-state index < -0.39 is 15.8 Å². The molecule has 1 aliphatic heterocycles. The van der Waals surface area contributed by atoms with Crippen LogP contribution in [0.25, 0.3) is 0 Å². The van der Waals surface area contributed by atoms with E-state index in [0.717, 1.165) is 17.8 Å². The number of halogens is 2. The van der Waals surface area contributed by atoms with Gasteiger partial charge in [-0.2, -0.15) is 4.31 Å². The minimum Gasteiger partial charge on any atom is -0.349 e. The molecule has 0 fully saturated rings. The number of fused-ring (bicyclic) bond motifs is 1. The highest BCUT2D eigenvalue weighted by Crippen LogP contribution is 2.32. The lowest BCUT2D eigenvalue weighted by Crippen LogP contribution is -2.40. The average molecular weight is 329 g/mol. The van der Waals surface area contributed by atoms with E-state index in [-0.39, 0.29) is 16.0 Å². The zero-order chi connectivity index (χ0) is 15.2. The third-order valence-electron chi connectivity index (χ3n) is 3.78. The van der Waals surface area contributed by atoms with E-state index in [1.165, 1.54) is 10.4 Å². The molecule has 0 saturated heterocycles. The fourth-order valence-electron chi connectivity index (χ4n) is 2.66. The number of nitrogens with zero attached hydrogens (tertiary/aromatic N) is 2. The van der Waals surface area contributed by atoms with Crippen molar-refractivity contribution < 1.29 is 12.8 Å². The first-order valence-electron chi connectivity index (χ1n) is 6.53. The van der Waals surface area contributed by atoms with Crippen molar-refractivity contribution in [1.29, 1.82) is 0 Å². The Labute approximate surface area is 127 Å². The smallest absolute Gasteiger partial charge is 0.243 e. The summed E-state index contributed by atoms with van der Waals surface area (Å²) in [5.41, 5.74) is 0.943. The fourth-order valence-corrected chi connectivity index (χ4v) is 4.53. The maximum Gasteiger partial charge on any atom is 0.243 e. The maximum atomic E-state index is 13.2. The average Bonchev–Trinajstić information content (AvgIpc) is 2.91. The SMILES string of the molecule is C[C@H]1c2cccn2CCN1S(=O)(=O)c1ccc(F)c(Cl)c1. The molecule has 0 unspecified atom stereocenters. The second-order valence-electron chi connectivity index (χ2n) is 4.99. The van der Waals surface area contributed by atoms with E-state index in [9.17, 15) is 12.8 Å². The molecule has 0 aliphatic carbocycles. The second kappa shape index (κ2) is 5.12. The lowest BCUT2D eigenvalue weighted by molar-refractivity contribution is 0.282. The molecule has 3 rings (SSSR count). The van der Waals surface area contributed by atoms with Crippen LogP contribution in [-0.2, 0) is 16.6 Å². The van der Waals surface area contributed by atoms with E-state index in [1.807, 2.05) is 29.8 Å². The molecule has 0 bridgehead atoms.